The van der Waals surface area contributed by atoms with E-state index in [1.54, 1.807) is 18.3 Å². The van der Waals surface area contributed by atoms with Crippen molar-refractivity contribution in [2.75, 3.05) is 6.54 Å². The van der Waals surface area contributed by atoms with Gasteiger partial charge in [0.25, 0.3) is 0 Å². The van der Waals surface area contributed by atoms with Crippen LogP contribution in [0.25, 0.3) is 0 Å². The highest BCUT2D eigenvalue weighted by Crippen LogP contribution is 2.19. The lowest BCUT2D eigenvalue weighted by Crippen LogP contribution is -2.55. The fraction of sp³-hybridized carbons (Fsp3) is 0.300. The largest absolute Gasteiger partial charge is 0.481 e. The Balaban J connectivity index is 1.95. The highest BCUT2D eigenvalue weighted by atomic mass is 16.4. The summed E-state index contributed by atoms with van der Waals surface area (Å²) in [5.41, 5.74) is 0.773. The molecule has 5 heteroatoms. The first-order valence-electron chi connectivity index (χ1n) is 4.60. The molecule has 78 valence electrons. The SMILES string of the molecule is O=C(O)C1CN(Cc2ccccn2)C1=O. The van der Waals surface area contributed by atoms with Crippen LogP contribution in [-0.4, -0.2) is 33.4 Å². The van der Waals surface area contributed by atoms with E-state index in [-0.39, 0.29) is 12.5 Å². The molecule has 1 aliphatic rings. The monoisotopic (exact) mass is 206 g/mol. The van der Waals surface area contributed by atoms with E-state index in [9.17, 15) is 9.59 Å². The van der Waals surface area contributed by atoms with Crippen molar-refractivity contribution >= 4 is 11.9 Å². The molecule has 0 aromatic carbocycles. The van der Waals surface area contributed by atoms with Crippen molar-refractivity contribution in [1.82, 2.24) is 9.88 Å². The Morgan fingerprint density at radius 1 is 1.60 bits per heavy atom. The van der Waals surface area contributed by atoms with Gasteiger partial charge in [-0.3, -0.25) is 14.6 Å². The second kappa shape index (κ2) is 3.68. The predicted molar refractivity (Wildman–Crippen MR) is 50.8 cm³/mol. The summed E-state index contributed by atoms with van der Waals surface area (Å²) in [6.07, 6.45) is 1.65. The summed E-state index contributed by atoms with van der Waals surface area (Å²) in [6, 6.07) is 5.43. The fourth-order valence-corrected chi connectivity index (χ4v) is 1.51. The molecule has 0 saturated carbocycles. The number of amides is 1. The molecule has 2 rings (SSSR count). The molecule has 1 atom stereocenters. The van der Waals surface area contributed by atoms with Crippen molar-refractivity contribution in [3.63, 3.8) is 0 Å². The first-order valence-corrected chi connectivity index (χ1v) is 4.60. The van der Waals surface area contributed by atoms with E-state index in [4.69, 9.17) is 5.11 Å². The van der Waals surface area contributed by atoms with E-state index in [1.807, 2.05) is 6.07 Å². The number of aromatic nitrogens is 1. The van der Waals surface area contributed by atoms with Crippen LogP contribution in [0, 0.1) is 5.92 Å². The molecule has 1 N–H and O–H groups in total. The number of nitrogens with zero attached hydrogens (tertiary/aromatic N) is 2. The van der Waals surface area contributed by atoms with Gasteiger partial charge in [0.1, 0.15) is 0 Å². The van der Waals surface area contributed by atoms with Gasteiger partial charge in [0.05, 0.1) is 12.2 Å². The number of pyridine rings is 1. The van der Waals surface area contributed by atoms with E-state index in [1.165, 1.54) is 4.90 Å². The van der Waals surface area contributed by atoms with Crippen molar-refractivity contribution in [1.29, 1.82) is 0 Å². The second-order valence-electron chi connectivity index (χ2n) is 3.43. The molecular formula is C10H10N2O3. The van der Waals surface area contributed by atoms with Gasteiger partial charge in [-0.25, -0.2) is 0 Å². The number of hydrogen-bond acceptors (Lipinski definition) is 3. The van der Waals surface area contributed by atoms with Gasteiger partial charge >= 0.3 is 5.97 Å². The van der Waals surface area contributed by atoms with Gasteiger partial charge in [0.15, 0.2) is 5.92 Å². The Labute approximate surface area is 86.3 Å². The number of carboxylic acids is 1. The number of aliphatic carboxylic acids is 1. The molecule has 1 unspecified atom stereocenters. The zero-order valence-electron chi connectivity index (χ0n) is 7.96. The fourth-order valence-electron chi connectivity index (χ4n) is 1.51. The zero-order valence-corrected chi connectivity index (χ0v) is 7.96. The quantitative estimate of drug-likeness (QED) is 0.563. The number of hydrogen-bond donors (Lipinski definition) is 1. The minimum absolute atomic E-state index is 0.282. The first-order chi connectivity index (χ1) is 7.18. The summed E-state index contributed by atoms with van der Waals surface area (Å²) in [7, 11) is 0. The maximum absolute atomic E-state index is 11.3. The van der Waals surface area contributed by atoms with Crippen LogP contribution in [0.3, 0.4) is 0 Å². The Hall–Kier alpha value is -1.91. The summed E-state index contributed by atoms with van der Waals surface area (Å²) in [6.45, 7) is 0.675. The third-order valence-electron chi connectivity index (χ3n) is 2.39. The van der Waals surface area contributed by atoms with Crippen LogP contribution in [0.15, 0.2) is 24.4 Å². The summed E-state index contributed by atoms with van der Waals surface area (Å²) < 4.78 is 0. The molecule has 15 heavy (non-hydrogen) atoms. The van der Waals surface area contributed by atoms with E-state index < -0.39 is 11.9 Å². The number of carbonyl (C=O) groups is 2. The topological polar surface area (TPSA) is 70.5 Å². The van der Waals surface area contributed by atoms with Crippen LogP contribution in [0.1, 0.15) is 5.69 Å². The molecule has 2 heterocycles. The van der Waals surface area contributed by atoms with E-state index in [2.05, 4.69) is 4.98 Å². The third kappa shape index (κ3) is 1.81. The summed E-state index contributed by atoms with van der Waals surface area (Å²) >= 11 is 0. The summed E-state index contributed by atoms with van der Waals surface area (Å²) in [5, 5.41) is 8.62. The number of rotatable bonds is 3. The maximum Gasteiger partial charge on any atom is 0.317 e. The molecule has 0 aliphatic carbocycles. The molecule has 1 saturated heterocycles. The van der Waals surface area contributed by atoms with Gasteiger partial charge in [-0.1, -0.05) is 6.07 Å². The Morgan fingerprint density at radius 3 is 2.93 bits per heavy atom. The highest BCUT2D eigenvalue weighted by molar-refractivity contribution is 6.01. The average molecular weight is 206 g/mol. The molecule has 1 fully saturated rings. The minimum atomic E-state index is -1.04. The molecule has 1 aromatic heterocycles. The van der Waals surface area contributed by atoms with Crippen molar-refractivity contribution in [3.8, 4) is 0 Å². The molecule has 5 nitrogen and oxygen atoms in total. The van der Waals surface area contributed by atoms with Gasteiger partial charge in [0.2, 0.25) is 5.91 Å². The smallest absolute Gasteiger partial charge is 0.317 e. The Morgan fingerprint density at radius 2 is 2.40 bits per heavy atom. The molecule has 0 bridgehead atoms. The number of likely N-dealkylation sites (tertiary alicyclic amines) is 1. The van der Waals surface area contributed by atoms with E-state index in [0.717, 1.165) is 5.69 Å². The van der Waals surface area contributed by atoms with Crippen molar-refractivity contribution in [2.45, 2.75) is 6.54 Å². The molecular weight excluding hydrogens is 196 g/mol. The van der Waals surface area contributed by atoms with Gasteiger partial charge in [0, 0.05) is 12.7 Å². The maximum atomic E-state index is 11.3. The van der Waals surface area contributed by atoms with Crippen molar-refractivity contribution in [3.05, 3.63) is 30.1 Å². The molecule has 1 aromatic rings. The average Bonchev–Trinajstić information content (AvgIpc) is 2.24. The van der Waals surface area contributed by atoms with Crippen LogP contribution in [-0.2, 0) is 16.1 Å². The van der Waals surface area contributed by atoms with Gasteiger partial charge in [-0.15, -0.1) is 0 Å². The third-order valence-corrected chi connectivity index (χ3v) is 2.39. The summed E-state index contributed by atoms with van der Waals surface area (Å²) in [4.78, 5) is 27.4. The molecule has 1 amide bonds. The first kappa shape index (κ1) is 9.64. The van der Waals surface area contributed by atoms with Crippen LogP contribution in [0.5, 0.6) is 0 Å². The Bertz CT molecular complexity index is 391. The van der Waals surface area contributed by atoms with E-state index >= 15 is 0 Å². The van der Waals surface area contributed by atoms with Crippen LogP contribution >= 0.6 is 0 Å². The summed E-state index contributed by atoms with van der Waals surface area (Å²) in [5.74, 6) is -2.22. The minimum Gasteiger partial charge on any atom is -0.481 e. The van der Waals surface area contributed by atoms with Crippen LogP contribution < -0.4 is 0 Å². The van der Waals surface area contributed by atoms with Gasteiger partial charge in [-0.05, 0) is 12.1 Å². The standard InChI is InChI=1S/C10H10N2O3/c13-9-8(10(14)15)6-12(9)5-7-3-1-2-4-11-7/h1-4,8H,5-6H2,(H,14,15). The number of β-lactam (4-membered cyclic amide) rings is 1. The van der Waals surface area contributed by atoms with Crippen LogP contribution in [0.4, 0.5) is 0 Å². The van der Waals surface area contributed by atoms with Crippen molar-refractivity contribution < 1.29 is 14.7 Å². The molecule has 0 spiro atoms. The molecule has 0 radical (unpaired) electrons. The lowest BCUT2D eigenvalue weighted by molar-refractivity contribution is -0.162. The number of carbonyl (C=O) groups excluding carboxylic acids is 1. The lowest BCUT2D eigenvalue weighted by Gasteiger charge is -2.35. The second-order valence-corrected chi connectivity index (χ2v) is 3.43. The zero-order chi connectivity index (χ0) is 10.8. The highest BCUT2D eigenvalue weighted by Gasteiger charge is 2.41. The number of carboxylic acid groups (broad SMARTS) is 1. The van der Waals surface area contributed by atoms with Crippen LogP contribution in [0.2, 0.25) is 0 Å². The van der Waals surface area contributed by atoms with Crippen molar-refractivity contribution in [2.24, 2.45) is 5.92 Å². The Kier molecular flexibility index (Phi) is 2.37. The van der Waals surface area contributed by atoms with Gasteiger partial charge < -0.3 is 10.0 Å². The predicted octanol–water partition coefficient (Wildman–Crippen LogP) is 0.125. The normalized spacial score (nSPS) is 19.9. The van der Waals surface area contributed by atoms with E-state index in [0.29, 0.717) is 6.54 Å². The van der Waals surface area contributed by atoms with Gasteiger partial charge in [-0.2, -0.15) is 0 Å². The lowest BCUT2D eigenvalue weighted by atomic mass is 9.99. The molecule has 1 aliphatic heterocycles.